The SMILES string of the molecule is COC(=O)c1ccc(CS(=O)(=O)CCC#N)o1. The van der Waals surface area contributed by atoms with E-state index in [1.165, 1.54) is 19.2 Å². The summed E-state index contributed by atoms with van der Waals surface area (Å²) in [6.07, 6.45) is -0.0626. The number of nitrogens with zero attached hydrogens (tertiary/aromatic N) is 1. The summed E-state index contributed by atoms with van der Waals surface area (Å²) in [5.41, 5.74) is 0. The van der Waals surface area contributed by atoms with Crippen molar-refractivity contribution in [2.24, 2.45) is 0 Å². The molecule has 0 aliphatic heterocycles. The highest BCUT2D eigenvalue weighted by Crippen LogP contribution is 2.13. The Morgan fingerprint density at radius 3 is 2.82 bits per heavy atom. The molecule has 0 aromatic carbocycles. The van der Waals surface area contributed by atoms with Crippen LogP contribution < -0.4 is 0 Å². The third-order valence-electron chi connectivity index (χ3n) is 1.94. The Bertz CT molecular complexity index is 537. The zero-order valence-corrected chi connectivity index (χ0v) is 9.99. The van der Waals surface area contributed by atoms with Crippen LogP contribution in [0.1, 0.15) is 22.7 Å². The molecule has 1 aromatic heterocycles. The van der Waals surface area contributed by atoms with Gasteiger partial charge in [-0.2, -0.15) is 5.26 Å². The van der Waals surface area contributed by atoms with Crippen LogP contribution >= 0.6 is 0 Å². The van der Waals surface area contributed by atoms with Crippen LogP contribution in [0.4, 0.5) is 0 Å². The molecule has 0 aliphatic rings. The largest absolute Gasteiger partial charge is 0.463 e. The first-order chi connectivity index (χ1) is 7.98. The van der Waals surface area contributed by atoms with Crippen molar-refractivity contribution in [2.45, 2.75) is 12.2 Å². The summed E-state index contributed by atoms with van der Waals surface area (Å²) in [6.45, 7) is 0. The van der Waals surface area contributed by atoms with Crippen molar-refractivity contribution in [3.63, 3.8) is 0 Å². The molecule has 0 fully saturated rings. The Morgan fingerprint density at radius 2 is 2.24 bits per heavy atom. The molecule has 1 heterocycles. The van der Waals surface area contributed by atoms with Crippen LogP contribution in [0.25, 0.3) is 0 Å². The fraction of sp³-hybridized carbons (Fsp3) is 0.400. The zero-order chi connectivity index (χ0) is 12.9. The number of sulfone groups is 1. The lowest BCUT2D eigenvalue weighted by Gasteiger charge is -1.98. The summed E-state index contributed by atoms with van der Waals surface area (Å²) >= 11 is 0. The molecule has 0 atom stereocenters. The molecular weight excluding hydrogens is 246 g/mol. The van der Waals surface area contributed by atoms with Crippen LogP contribution in [-0.2, 0) is 20.3 Å². The smallest absolute Gasteiger partial charge is 0.373 e. The average Bonchev–Trinajstić information content (AvgIpc) is 2.73. The quantitative estimate of drug-likeness (QED) is 0.727. The second-order valence-electron chi connectivity index (χ2n) is 3.26. The number of ether oxygens (including phenoxy) is 1. The van der Waals surface area contributed by atoms with Crippen molar-refractivity contribution in [1.82, 2.24) is 0 Å². The van der Waals surface area contributed by atoms with Gasteiger partial charge in [0.05, 0.1) is 18.9 Å². The number of hydrogen-bond acceptors (Lipinski definition) is 6. The third kappa shape index (κ3) is 3.92. The van der Waals surface area contributed by atoms with Gasteiger partial charge in [0, 0.05) is 6.42 Å². The Hall–Kier alpha value is -1.81. The van der Waals surface area contributed by atoms with Crippen LogP contribution in [-0.4, -0.2) is 27.2 Å². The predicted octanol–water partition coefficient (Wildman–Crippen LogP) is 0.895. The van der Waals surface area contributed by atoms with E-state index in [4.69, 9.17) is 9.68 Å². The number of furan rings is 1. The summed E-state index contributed by atoms with van der Waals surface area (Å²) < 4.78 is 32.4. The van der Waals surface area contributed by atoms with Crippen LogP contribution in [0.3, 0.4) is 0 Å². The van der Waals surface area contributed by atoms with Gasteiger partial charge in [0.1, 0.15) is 11.5 Å². The molecule has 1 rings (SSSR count). The maximum atomic E-state index is 11.5. The Balaban J connectivity index is 2.73. The van der Waals surface area contributed by atoms with Crippen molar-refractivity contribution in [2.75, 3.05) is 12.9 Å². The molecule has 0 saturated heterocycles. The van der Waals surface area contributed by atoms with E-state index in [9.17, 15) is 13.2 Å². The molecule has 0 spiro atoms. The maximum absolute atomic E-state index is 11.5. The zero-order valence-electron chi connectivity index (χ0n) is 9.17. The molecule has 17 heavy (non-hydrogen) atoms. The summed E-state index contributed by atoms with van der Waals surface area (Å²) in [5, 5.41) is 8.31. The number of methoxy groups -OCH3 is 1. The molecule has 92 valence electrons. The van der Waals surface area contributed by atoms with Crippen molar-refractivity contribution in [3.05, 3.63) is 23.7 Å². The van der Waals surface area contributed by atoms with Crippen molar-refractivity contribution < 1.29 is 22.4 Å². The number of rotatable bonds is 5. The van der Waals surface area contributed by atoms with Crippen LogP contribution in [0.2, 0.25) is 0 Å². The minimum atomic E-state index is -3.38. The van der Waals surface area contributed by atoms with Crippen LogP contribution in [0.15, 0.2) is 16.5 Å². The van der Waals surface area contributed by atoms with Gasteiger partial charge in [0.25, 0.3) is 0 Å². The van der Waals surface area contributed by atoms with Crippen molar-refractivity contribution >= 4 is 15.8 Å². The standard InChI is InChI=1S/C10H11NO5S/c1-15-10(12)9-4-3-8(16-9)7-17(13,14)6-2-5-11/h3-4H,2,6-7H2,1H3. The van der Waals surface area contributed by atoms with Gasteiger partial charge in [-0.15, -0.1) is 0 Å². The highest BCUT2D eigenvalue weighted by molar-refractivity contribution is 7.90. The van der Waals surface area contributed by atoms with Gasteiger partial charge in [-0.3, -0.25) is 0 Å². The lowest BCUT2D eigenvalue weighted by Crippen LogP contribution is -2.08. The van der Waals surface area contributed by atoms with Gasteiger partial charge in [-0.25, -0.2) is 13.2 Å². The van der Waals surface area contributed by atoms with Gasteiger partial charge in [-0.1, -0.05) is 0 Å². The number of carbonyl (C=O) groups is 1. The van der Waals surface area contributed by atoms with Gasteiger partial charge < -0.3 is 9.15 Å². The van der Waals surface area contributed by atoms with Crippen molar-refractivity contribution in [1.29, 1.82) is 5.26 Å². The van der Waals surface area contributed by atoms with E-state index in [2.05, 4.69) is 4.74 Å². The van der Waals surface area contributed by atoms with Crippen LogP contribution in [0, 0.1) is 11.3 Å². The molecule has 0 unspecified atom stereocenters. The van der Waals surface area contributed by atoms with E-state index >= 15 is 0 Å². The fourth-order valence-corrected chi connectivity index (χ4v) is 2.29. The number of esters is 1. The topological polar surface area (TPSA) is 97.4 Å². The predicted molar refractivity (Wildman–Crippen MR) is 57.8 cm³/mol. The minimum Gasteiger partial charge on any atom is -0.463 e. The Kier molecular flexibility index (Phi) is 4.29. The molecule has 7 heteroatoms. The van der Waals surface area contributed by atoms with E-state index < -0.39 is 15.8 Å². The number of carbonyl (C=O) groups excluding carboxylic acids is 1. The minimum absolute atomic E-state index is 0.0435. The third-order valence-corrected chi connectivity index (χ3v) is 3.49. The lowest BCUT2D eigenvalue weighted by molar-refractivity contribution is 0.0563. The second kappa shape index (κ2) is 5.50. The van der Waals surface area contributed by atoms with Crippen LogP contribution in [0.5, 0.6) is 0 Å². The number of nitriles is 1. The molecule has 1 aromatic rings. The Labute approximate surface area is 98.7 Å². The molecule has 0 amide bonds. The van der Waals surface area contributed by atoms with E-state index in [-0.39, 0.29) is 29.4 Å². The first kappa shape index (κ1) is 13.3. The lowest BCUT2D eigenvalue weighted by atomic mass is 10.4. The Morgan fingerprint density at radius 1 is 1.53 bits per heavy atom. The van der Waals surface area contributed by atoms with E-state index in [1.54, 1.807) is 6.07 Å². The summed E-state index contributed by atoms with van der Waals surface area (Å²) in [6, 6.07) is 4.51. The second-order valence-corrected chi connectivity index (χ2v) is 5.44. The van der Waals surface area contributed by atoms with Gasteiger partial charge in [0.15, 0.2) is 9.84 Å². The van der Waals surface area contributed by atoms with Crippen molar-refractivity contribution in [3.8, 4) is 6.07 Å². The normalized spacial score (nSPS) is 10.8. The molecule has 0 saturated carbocycles. The molecule has 0 bridgehead atoms. The molecule has 6 nitrogen and oxygen atoms in total. The van der Waals surface area contributed by atoms with E-state index in [1.807, 2.05) is 0 Å². The first-order valence-electron chi connectivity index (χ1n) is 4.73. The number of hydrogen-bond donors (Lipinski definition) is 0. The molecule has 0 aliphatic carbocycles. The summed E-state index contributed by atoms with van der Waals surface area (Å²) in [7, 11) is -2.18. The van der Waals surface area contributed by atoms with Gasteiger partial charge in [0.2, 0.25) is 5.76 Å². The highest BCUT2D eigenvalue weighted by Gasteiger charge is 2.17. The van der Waals surface area contributed by atoms with E-state index in [0.29, 0.717) is 0 Å². The molecule has 0 N–H and O–H groups in total. The maximum Gasteiger partial charge on any atom is 0.373 e. The van der Waals surface area contributed by atoms with E-state index in [0.717, 1.165) is 0 Å². The fourth-order valence-electron chi connectivity index (χ4n) is 1.16. The van der Waals surface area contributed by atoms with Gasteiger partial charge in [-0.05, 0) is 12.1 Å². The highest BCUT2D eigenvalue weighted by atomic mass is 32.2. The average molecular weight is 257 g/mol. The van der Waals surface area contributed by atoms with Gasteiger partial charge >= 0.3 is 5.97 Å². The molecule has 0 radical (unpaired) electrons. The molecular formula is C10H11NO5S. The monoisotopic (exact) mass is 257 g/mol. The summed E-state index contributed by atoms with van der Waals surface area (Å²) in [4.78, 5) is 11.1. The first-order valence-corrected chi connectivity index (χ1v) is 6.55. The summed E-state index contributed by atoms with van der Waals surface area (Å²) in [5.74, 6) is -1.10.